The lowest BCUT2D eigenvalue weighted by Crippen LogP contribution is -2.41. The van der Waals surface area contributed by atoms with Crippen LogP contribution < -0.4 is 10.1 Å². The maximum Gasteiger partial charge on any atom is 0.243 e. The Morgan fingerprint density at radius 1 is 0.939 bits per heavy atom. The van der Waals surface area contributed by atoms with Gasteiger partial charge in [0.05, 0.1) is 24.6 Å². The van der Waals surface area contributed by atoms with Gasteiger partial charge in [-0.25, -0.2) is 8.42 Å². The molecule has 0 saturated heterocycles. The third-order valence-corrected chi connectivity index (χ3v) is 7.25. The minimum Gasteiger partial charge on any atom is -0.496 e. The minimum absolute atomic E-state index is 0.0902. The first-order chi connectivity index (χ1) is 15.7. The van der Waals surface area contributed by atoms with Crippen LogP contribution in [0.15, 0.2) is 77.7 Å². The van der Waals surface area contributed by atoms with Crippen molar-refractivity contribution in [2.75, 3.05) is 13.7 Å². The standard InChI is InChI=1S/C26H30N2O4S/c1-19-9-13-22(14-10-19)17-28(33(30,31)23-15-11-20(2)12-16-23)18-26(29)27-21(3)24-7-5-6-8-25(24)32-4/h5-16,21H,17-18H2,1-4H3,(H,27,29)/t21-/m0/s1. The predicted molar refractivity (Wildman–Crippen MR) is 130 cm³/mol. The Kier molecular flexibility index (Phi) is 7.89. The summed E-state index contributed by atoms with van der Waals surface area (Å²) in [6.45, 7) is 5.50. The molecule has 33 heavy (non-hydrogen) atoms. The van der Waals surface area contributed by atoms with E-state index in [1.807, 2.05) is 69.3 Å². The number of nitrogens with one attached hydrogen (secondary N) is 1. The number of nitrogens with zero attached hydrogens (tertiary/aromatic N) is 1. The van der Waals surface area contributed by atoms with Crippen LogP contribution in [0.4, 0.5) is 0 Å². The zero-order valence-electron chi connectivity index (χ0n) is 19.4. The SMILES string of the molecule is COc1ccccc1[C@H](C)NC(=O)CN(Cc1ccc(C)cc1)S(=O)(=O)c1ccc(C)cc1. The summed E-state index contributed by atoms with van der Waals surface area (Å²) in [4.78, 5) is 13.1. The number of aryl methyl sites for hydroxylation is 2. The van der Waals surface area contributed by atoms with Crippen molar-refractivity contribution in [3.8, 4) is 5.75 Å². The van der Waals surface area contributed by atoms with Crippen molar-refractivity contribution in [1.29, 1.82) is 0 Å². The zero-order valence-corrected chi connectivity index (χ0v) is 20.2. The predicted octanol–water partition coefficient (Wildman–Crippen LogP) is 4.38. The summed E-state index contributed by atoms with van der Waals surface area (Å²) in [5.74, 6) is 0.269. The van der Waals surface area contributed by atoms with E-state index >= 15 is 0 Å². The molecular formula is C26H30N2O4S. The molecule has 0 aliphatic rings. The van der Waals surface area contributed by atoms with E-state index in [4.69, 9.17) is 4.74 Å². The van der Waals surface area contributed by atoms with Crippen LogP contribution in [0, 0.1) is 13.8 Å². The van der Waals surface area contributed by atoms with Gasteiger partial charge in [0.2, 0.25) is 15.9 Å². The topological polar surface area (TPSA) is 75.7 Å². The van der Waals surface area contributed by atoms with Gasteiger partial charge in [-0.3, -0.25) is 4.79 Å². The van der Waals surface area contributed by atoms with Gasteiger partial charge in [0.1, 0.15) is 5.75 Å². The summed E-state index contributed by atoms with van der Waals surface area (Å²) < 4.78 is 33.5. The molecule has 7 heteroatoms. The molecule has 3 aromatic rings. The van der Waals surface area contributed by atoms with Crippen LogP contribution >= 0.6 is 0 Å². The van der Waals surface area contributed by atoms with Gasteiger partial charge in [-0.05, 0) is 44.5 Å². The molecule has 1 N–H and O–H groups in total. The van der Waals surface area contributed by atoms with Crippen molar-refractivity contribution in [3.63, 3.8) is 0 Å². The van der Waals surface area contributed by atoms with Crippen LogP contribution in [0.2, 0.25) is 0 Å². The normalized spacial score (nSPS) is 12.4. The molecule has 174 valence electrons. The second-order valence-corrected chi connectivity index (χ2v) is 10.0. The average molecular weight is 467 g/mol. The number of hydrogen-bond donors (Lipinski definition) is 1. The summed E-state index contributed by atoms with van der Waals surface area (Å²) in [5.41, 5.74) is 3.67. The van der Waals surface area contributed by atoms with E-state index in [0.717, 1.165) is 22.3 Å². The molecule has 0 saturated carbocycles. The van der Waals surface area contributed by atoms with Gasteiger partial charge >= 0.3 is 0 Å². The van der Waals surface area contributed by atoms with Gasteiger partial charge in [0, 0.05) is 12.1 Å². The molecule has 0 heterocycles. The molecule has 0 aliphatic heterocycles. The number of carbonyl (C=O) groups excluding carboxylic acids is 1. The highest BCUT2D eigenvalue weighted by Gasteiger charge is 2.27. The average Bonchev–Trinajstić information content (AvgIpc) is 2.80. The molecule has 0 spiro atoms. The second kappa shape index (κ2) is 10.6. The van der Waals surface area contributed by atoms with E-state index in [0.29, 0.717) is 5.75 Å². The zero-order chi connectivity index (χ0) is 24.0. The van der Waals surface area contributed by atoms with Gasteiger partial charge in [-0.15, -0.1) is 0 Å². The number of carbonyl (C=O) groups is 1. The lowest BCUT2D eigenvalue weighted by molar-refractivity contribution is -0.122. The first-order valence-electron chi connectivity index (χ1n) is 10.8. The fourth-order valence-electron chi connectivity index (χ4n) is 3.53. The molecule has 0 radical (unpaired) electrons. The Hall–Kier alpha value is -3.16. The van der Waals surface area contributed by atoms with Crippen molar-refractivity contribution < 1.29 is 17.9 Å². The molecule has 6 nitrogen and oxygen atoms in total. The first kappa shape index (κ1) is 24.5. The molecule has 0 bridgehead atoms. The lowest BCUT2D eigenvalue weighted by atomic mass is 10.1. The number of para-hydroxylation sites is 1. The van der Waals surface area contributed by atoms with Crippen molar-refractivity contribution in [2.45, 2.75) is 38.3 Å². The van der Waals surface area contributed by atoms with Gasteiger partial charge < -0.3 is 10.1 Å². The van der Waals surface area contributed by atoms with Crippen molar-refractivity contribution in [2.24, 2.45) is 0 Å². The van der Waals surface area contributed by atoms with Crippen LogP contribution in [0.25, 0.3) is 0 Å². The third kappa shape index (κ3) is 6.21. The van der Waals surface area contributed by atoms with Gasteiger partial charge in [-0.2, -0.15) is 4.31 Å². The van der Waals surface area contributed by atoms with Gasteiger partial charge in [0.15, 0.2) is 0 Å². The van der Waals surface area contributed by atoms with Crippen molar-refractivity contribution in [1.82, 2.24) is 9.62 Å². The Bertz CT molecular complexity index is 1190. The first-order valence-corrected chi connectivity index (χ1v) is 12.2. The quantitative estimate of drug-likeness (QED) is 0.508. The Balaban J connectivity index is 1.84. The fraction of sp³-hybridized carbons (Fsp3) is 0.269. The molecule has 3 aromatic carbocycles. The number of rotatable bonds is 9. The van der Waals surface area contributed by atoms with E-state index in [2.05, 4.69) is 5.32 Å². The Labute approximate surface area is 196 Å². The highest BCUT2D eigenvalue weighted by molar-refractivity contribution is 7.89. The van der Waals surface area contributed by atoms with E-state index < -0.39 is 15.9 Å². The smallest absolute Gasteiger partial charge is 0.243 e. The Morgan fingerprint density at radius 2 is 1.52 bits per heavy atom. The van der Waals surface area contributed by atoms with Crippen LogP contribution in [0.5, 0.6) is 5.75 Å². The molecule has 1 atom stereocenters. The lowest BCUT2D eigenvalue weighted by Gasteiger charge is -2.24. The number of sulfonamides is 1. The molecule has 0 fully saturated rings. The highest BCUT2D eigenvalue weighted by Crippen LogP contribution is 2.25. The number of amides is 1. The van der Waals surface area contributed by atoms with E-state index in [-0.39, 0.29) is 24.0 Å². The van der Waals surface area contributed by atoms with Crippen molar-refractivity contribution in [3.05, 3.63) is 95.1 Å². The fourth-order valence-corrected chi connectivity index (χ4v) is 4.92. The highest BCUT2D eigenvalue weighted by atomic mass is 32.2. The minimum atomic E-state index is -3.89. The van der Waals surface area contributed by atoms with E-state index in [9.17, 15) is 13.2 Å². The summed E-state index contributed by atoms with van der Waals surface area (Å²) in [7, 11) is -2.31. The summed E-state index contributed by atoms with van der Waals surface area (Å²) >= 11 is 0. The van der Waals surface area contributed by atoms with Crippen LogP contribution in [0.3, 0.4) is 0 Å². The van der Waals surface area contributed by atoms with Crippen LogP contribution in [-0.2, 0) is 21.4 Å². The second-order valence-electron chi connectivity index (χ2n) is 8.10. The number of methoxy groups -OCH3 is 1. The molecule has 0 aliphatic carbocycles. The molecule has 3 rings (SSSR count). The third-order valence-electron chi connectivity index (χ3n) is 5.44. The molecule has 0 unspecified atom stereocenters. The summed E-state index contributed by atoms with van der Waals surface area (Å²) in [6, 6.07) is 21.3. The van der Waals surface area contributed by atoms with Crippen LogP contribution in [0.1, 0.15) is 35.2 Å². The number of hydrogen-bond acceptors (Lipinski definition) is 4. The maximum absolute atomic E-state index is 13.4. The summed E-state index contributed by atoms with van der Waals surface area (Å²) in [5, 5.41) is 2.90. The monoisotopic (exact) mass is 466 g/mol. The van der Waals surface area contributed by atoms with E-state index in [1.54, 1.807) is 31.4 Å². The molecule has 1 amide bonds. The molecule has 0 aromatic heterocycles. The maximum atomic E-state index is 13.4. The number of benzene rings is 3. The van der Waals surface area contributed by atoms with Crippen molar-refractivity contribution >= 4 is 15.9 Å². The Morgan fingerprint density at radius 3 is 2.12 bits per heavy atom. The summed E-state index contributed by atoms with van der Waals surface area (Å²) in [6.07, 6.45) is 0. The largest absolute Gasteiger partial charge is 0.496 e. The van der Waals surface area contributed by atoms with E-state index in [1.165, 1.54) is 4.31 Å². The van der Waals surface area contributed by atoms with Crippen LogP contribution in [-0.4, -0.2) is 32.3 Å². The van der Waals surface area contributed by atoms with Gasteiger partial charge in [-0.1, -0.05) is 65.7 Å². The van der Waals surface area contributed by atoms with Gasteiger partial charge in [0.25, 0.3) is 0 Å². The molecular weight excluding hydrogens is 436 g/mol. The number of ether oxygens (including phenoxy) is 1.